The van der Waals surface area contributed by atoms with Gasteiger partial charge in [0.15, 0.2) is 17.2 Å². The van der Waals surface area contributed by atoms with Crippen LogP contribution in [0.5, 0.6) is 11.5 Å². The van der Waals surface area contributed by atoms with Crippen LogP contribution in [-0.2, 0) is 5.41 Å². The summed E-state index contributed by atoms with van der Waals surface area (Å²) in [6, 6.07) is 6.25. The van der Waals surface area contributed by atoms with Gasteiger partial charge in [0.2, 0.25) is 0 Å². The molecule has 1 amide bonds. The molecular formula is C20H28ClN5O3. The molecular weight excluding hydrogens is 394 g/mol. The number of rotatable bonds is 5. The number of nitrogens with zero attached hydrogens (tertiary/aromatic N) is 3. The molecule has 0 bridgehead atoms. The molecule has 3 heterocycles. The summed E-state index contributed by atoms with van der Waals surface area (Å²) in [5.74, 6) is 1.32. The number of hydrogen-bond acceptors (Lipinski definition) is 6. The van der Waals surface area contributed by atoms with Crippen LogP contribution < -0.4 is 20.1 Å². The third-order valence-electron chi connectivity index (χ3n) is 5.44. The fourth-order valence-electron chi connectivity index (χ4n) is 3.59. The standard InChI is InChI=1S/C20H27N5O3.ClH/c1-20(2,14-3-4-17-18(11-14)28-10-9-27-17)13-22-19(26)16-12-25(24-23-16)15-5-7-21-8-6-15;/h3-4,11-12,15,21H,5-10,13H2,1-2H3,(H,22,26);1H. The van der Waals surface area contributed by atoms with Crippen LogP contribution in [0.3, 0.4) is 0 Å². The van der Waals surface area contributed by atoms with E-state index in [1.807, 2.05) is 22.9 Å². The summed E-state index contributed by atoms with van der Waals surface area (Å²) in [6.45, 7) is 7.72. The summed E-state index contributed by atoms with van der Waals surface area (Å²) >= 11 is 0. The van der Waals surface area contributed by atoms with Crippen molar-refractivity contribution < 1.29 is 14.3 Å². The Morgan fingerprint density at radius 1 is 1.24 bits per heavy atom. The van der Waals surface area contributed by atoms with E-state index in [4.69, 9.17) is 9.47 Å². The number of aromatic nitrogens is 3. The van der Waals surface area contributed by atoms with E-state index in [1.165, 1.54) is 0 Å². The molecule has 2 aliphatic heterocycles. The highest BCUT2D eigenvalue weighted by atomic mass is 35.5. The normalized spacial score (nSPS) is 16.8. The number of nitrogens with one attached hydrogen (secondary N) is 2. The molecule has 0 spiro atoms. The number of carbonyl (C=O) groups is 1. The molecule has 4 rings (SSSR count). The molecule has 29 heavy (non-hydrogen) atoms. The van der Waals surface area contributed by atoms with E-state index in [0.29, 0.717) is 31.5 Å². The highest BCUT2D eigenvalue weighted by Gasteiger charge is 2.25. The molecule has 2 N–H and O–H groups in total. The SMILES string of the molecule is CC(C)(CNC(=O)c1cn(C2CCNCC2)nn1)c1ccc2c(c1)OCCO2.Cl. The van der Waals surface area contributed by atoms with Crippen LogP contribution in [0.25, 0.3) is 0 Å². The summed E-state index contributed by atoms with van der Waals surface area (Å²) in [6.07, 6.45) is 3.76. The Balaban J connectivity index is 0.00000240. The van der Waals surface area contributed by atoms with Crippen molar-refractivity contribution in [1.82, 2.24) is 25.6 Å². The van der Waals surface area contributed by atoms with Gasteiger partial charge in [0.1, 0.15) is 13.2 Å². The van der Waals surface area contributed by atoms with Crippen molar-refractivity contribution in [1.29, 1.82) is 0 Å². The van der Waals surface area contributed by atoms with Crippen molar-refractivity contribution in [2.45, 2.75) is 38.1 Å². The summed E-state index contributed by atoms with van der Waals surface area (Å²) in [4.78, 5) is 12.6. The van der Waals surface area contributed by atoms with Gasteiger partial charge in [-0.25, -0.2) is 4.68 Å². The predicted octanol–water partition coefficient (Wildman–Crippen LogP) is 2.10. The Morgan fingerprint density at radius 2 is 1.97 bits per heavy atom. The second kappa shape index (κ2) is 9.00. The molecule has 8 nitrogen and oxygen atoms in total. The Kier molecular flexibility index (Phi) is 6.64. The molecule has 0 saturated carbocycles. The molecule has 1 aromatic heterocycles. The number of fused-ring (bicyclic) bond motifs is 1. The zero-order chi connectivity index (χ0) is 19.6. The maximum Gasteiger partial charge on any atom is 0.273 e. The van der Waals surface area contributed by atoms with Gasteiger partial charge in [-0.3, -0.25) is 4.79 Å². The maximum atomic E-state index is 12.6. The van der Waals surface area contributed by atoms with Crippen LogP contribution in [0.4, 0.5) is 0 Å². The fourth-order valence-corrected chi connectivity index (χ4v) is 3.59. The van der Waals surface area contributed by atoms with Crippen molar-refractivity contribution in [3.63, 3.8) is 0 Å². The first kappa shape index (κ1) is 21.4. The topological polar surface area (TPSA) is 90.3 Å². The number of amides is 1. The molecule has 9 heteroatoms. The van der Waals surface area contributed by atoms with Gasteiger partial charge in [0, 0.05) is 12.0 Å². The lowest BCUT2D eigenvalue weighted by Gasteiger charge is -2.27. The van der Waals surface area contributed by atoms with Crippen LogP contribution >= 0.6 is 12.4 Å². The molecule has 1 fully saturated rings. The van der Waals surface area contributed by atoms with E-state index in [9.17, 15) is 4.79 Å². The monoisotopic (exact) mass is 421 g/mol. The minimum atomic E-state index is -0.267. The Labute approximate surface area is 176 Å². The number of ether oxygens (including phenoxy) is 2. The van der Waals surface area contributed by atoms with Crippen molar-refractivity contribution in [3.8, 4) is 11.5 Å². The lowest BCUT2D eigenvalue weighted by Crippen LogP contribution is -2.37. The van der Waals surface area contributed by atoms with E-state index in [1.54, 1.807) is 6.20 Å². The lowest BCUT2D eigenvalue weighted by molar-refractivity contribution is 0.0940. The van der Waals surface area contributed by atoms with Crippen LogP contribution in [0, 0.1) is 0 Å². The van der Waals surface area contributed by atoms with E-state index < -0.39 is 0 Å². The molecule has 0 radical (unpaired) electrons. The molecule has 2 aromatic rings. The summed E-state index contributed by atoms with van der Waals surface area (Å²) in [5.41, 5.74) is 1.17. The largest absolute Gasteiger partial charge is 0.486 e. The van der Waals surface area contributed by atoms with Crippen LogP contribution in [0.15, 0.2) is 24.4 Å². The van der Waals surface area contributed by atoms with E-state index >= 15 is 0 Å². The second-order valence-electron chi connectivity index (χ2n) is 7.99. The Hall–Kier alpha value is -2.32. The summed E-state index contributed by atoms with van der Waals surface area (Å²) < 4.78 is 13.1. The molecule has 1 aromatic carbocycles. The predicted molar refractivity (Wildman–Crippen MR) is 111 cm³/mol. The minimum absolute atomic E-state index is 0. The minimum Gasteiger partial charge on any atom is -0.486 e. The maximum absolute atomic E-state index is 12.6. The third-order valence-corrected chi connectivity index (χ3v) is 5.44. The average molecular weight is 422 g/mol. The third kappa shape index (κ3) is 4.82. The zero-order valence-electron chi connectivity index (χ0n) is 16.8. The van der Waals surface area contributed by atoms with Crippen LogP contribution in [-0.4, -0.2) is 53.7 Å². The number of halogens is 1. The fraction of sp³-hybridized carbons (Fsp3) is 0.550. The van der Waals surface area contributed by atoms with E-state index in [2.05, 4.69) is 34.8 Å². The van der Waals surface area contributed by atoms with Crippen molar-refractivity contribution in [2.75, 3.05) is 32.8 Å². The number of carbonyl (C=O) groups excluding carboxylic acids is 1. The molecule has 0 unspecified atom stereocenters. The van der Waals surface area contributed by atoms with Crippen LogP contribution in [0.2, 0.25) is 0 Å². The van der Waals surface area contributed by atoms with Crippen molar-refractivity contribution in [2.24, 2.45) is 0 Å². The Bertz CT molecular complexity index is 848. The zero-order valence-corrected chi connectivity index (χ0v) is 17.6. The first-order valence-electron chi connectivity index (χ1n) is 9.84. The van der Waals surface area contributed by atoms with Gasteiger partial charge in [0.25, 0.3) is 5.91 Å². The van der Waals surface area contributed by atoms with Crippen molar-refractivity contribution >= 4 is 18.3 Å². The molecule has 1 saturated heterocycles. The van der Waals surface area contributed by atoms with Gasteiger partial charge < -0.3 is 20.1 Å². The van der Waals surface area contributed by atoms with E-state index in [-0.39, 0.29) is 23.7 Å². The molecule has 0 aliphatic carbocycles. The van der Waals surface area contributed by atoms with Gasteiger partial charge in [0.05, 0.1) is 12.2 Å². The van der Waals surface area contributed by atoms with Gasteiger partial charge in [-0.1, -0.05) is 25.1 Å². The number of benzene rings is 1. The average Bonchev–Trinajstić information content (AvgIpc) is 3.23. The van der Waals surface area contributed by atoms with Gasteiger partial charge in [-0.05, 0) is 43.6 Å². The Morgan fingerprint density at radius 3 is 2.72 bits per heavy atom. The summed E-state index contributed by atoms with van der Waals surface area (Å²) in [7, 11) is 0. The van der Waals surface area contributed by atoms with Crippen LogP contribution in [0.1, 0.15) is 48.8 Å². The quantitative estimate of drug-likeness (QED) is 0.768. The van der Waals surface area contributed by atoms with Gasteiger partial charge >= 0.3 is 0 Å². The second-order valence-corrected chi connectivity index (χ2v) is 7.99. The first-order chi connectivity index (χ1) is 13.5. The van der Waals surface area contributed by atoms with Gasteiger partial charge in [-0.2, -0.15) is 0 Å². The number of hydrogen-bond donors (Lipinski definition) is 2. The number of piperidine rings is 1. The van der Waals surface area contributed by atoms with Crippen molar-refractivity contribution in [3.05, 3.63) is 35.7 Å². The molecule has 0 atom stereocenters. The highest BCUT2D eigenvalue weighted by molar-refractivity contribution is 5.91. The molecule has 2 aliphatic rings. The molecule has 158 valence electrons. The first-order valence-corrected chi connectivity index (χ1v) is 9.84. The lowest BCUT2D eigenvalue weighted by atomic mass is 9.84. The van der Waals surface area contributed by atoms with E-state index in [0.717, 1.165) is 43.0 Å². The highest BCUT2D eigenvalue weighted by Crippen LogP contribution is 2.34. The van der Waals surface area contributed by atoms with Gasteiger partial charge in [-0.15, -0.1) is 17.5 Å². The summed E-state index contributed by atoms with van der Waals surface area (Å²) in [5, 5.41) is 14.5. The smallest absolute Gasteiger partial charge is 0.273 e.